The minimum Gasteiger partial charge on any atom is -0.396 e. The molecule has 3 N–H and O–H groups in total. The molecule has 0 atom stereocenters. The topological polar surface area (TPSA) is 85.1 Å². The van der Waals surface area contributed by atoms with E-state index >= 15 is 0 Å². The van der Waals surface area contributed by atoms with Gasteiger partial charge in [-0.1, -0.05) is 6.92 Å². The SMILES string of the molecule is CCS(=O)(=O)CCNc1nc(C)ccc1N. The molecule has 0 spiro atoms. The van der Waals surface area contributed by atoms with Gasteiger partial charge in [-0.3, -0.25) is 0 Å². The van der Waals surface area contributed by atoms with Gasteiger partial charge in [0.05, 0.1) is 11.4 Å². The molecule has 0 saturated carbocycles. The Morgan fingerprint density at radius 1 is 1.44 bits per heavy atom. The third-order valence-electron chi connectivity index (χ3n) is 2.21. The summed E-state index contributed by atoms with van der Waals surface area (Å²) in [6.45, 7) is 3.82. The van der Waals surface area contributed by atoms with Gasteiger partial charge in [-0.15, -0.1) is 0 Å². The van der Waals surface area contributed by atoms with Gasteiger partial charge in [-0.2, -0.15) is 0 Å². The molecule has 1 aromatic heterocycles. The summed E-state index contributed by atoms with van der Waals surface area (Å²) in [4.78, 5) is 4.19. The molecule has 5 nitrogen and oxygen atoms in total. The molecule has 0 radical (unpaired) electrons. The van der Waals surface area contributed by atoms with Gasteiger partial charge < -0.3 is 11.1 Å². The molecule has 0 saturated heterocycles. The Morgan fingerprint density at radius 2 is 2.12 bits per heavy atom. The standard InChI is InChI=1S/C10H17N3O2S/c1-3-16(14,15)7-6-12-10-9(11)5-4-8(2)13-10/h4-5H,3,6-7,11H2,1-2H3,(H,12,13). The molecule has 0 aliphatic heterocycles. The second-order valence-corrected chi connectivity index (χ2v) is 6.03. The molecule has 1 aromatic rings. The highest BCUT2D eigenvalue weighted by atomic mass is 32.2. The summed E-state index contributed by atoms with van der Waals surface area (Å²) >= 11 is 0. The van der Waals surface area contributed by atoms with Crippen LogP contribution in [0.2, 0.25) is 0 Å². The molecule has 0 bridgehead atoms. The maximum atomic E-state index is 11.2. The van der Waals surface area contributed by atoms with E-state index in [0.29, 0.717) is 18.1 Å². The minimum atomic E-state index is -2.94. The van der Waals surface area contributed by atoms with Crippen molar-refractivity contribution in [1.82, 2.24) is 4.98 Å². The van der Waals surface area contributed by atoms with Gasteiger partial charge in [-0.25, -0.2) is 13.4 Å². The van der Waals surface area contributed by atoms with Crippen molar-refractivity contribution in [2.75, 3.05) is 29.1 Å². The lowest BCUT2D eigenvalue weighted by Gasteiger charge is -2.08. The van der Waals surface area contributed by atoms with E-state index in [4.69, 9.17) is 5.73 Å². The summed E-state index contributed by atoms with van der Waals surface area (Å²) in [5, 5.41) is 2.93. The van der Waals surface area contributed by atoms with E-state index < -0.39 is 9.84 Å². The van der Waals surface area contributed by atoms with Crippen LogP contribution in [-0.2, 0) is 9.84 Å². The highest BCUT2D eigenvalue weighted by Gasteiger charge is 2.07. The number of aromatic nitrogens is 1. The zero-order valence-corrected chi connectivity index (χ0v) is 10.3. The Balaban J connectivity index is 2.59. The van der Waals surface area contributed by atoms with E-state index in [1.54, 1.807) is 13.0 Å². The first-order chi connectivity index (χ1) is 7.44. The lowest BCUT2D eigenvalue weighted by molar-refractivity contribution is 0.597. The Morgan fingerprint density at radius 3 is 2.75 bits per heavy atom. The predicted molar refractivity (Wildman–Crippen MR) is 66.2 cm³/mol. The lowest BCUT2D eigenvalue weighted by atomic mass is 10.3. The van der Waals surface area contributed by atoms with Crippen LogP contribution in [0.15, 0.2) is 12.1 Å². The average Bonchev–Trinajstić information content (AvgIpc) is 2.23. The van der Waals surface area contributed by atoms with E-state index in [9.17, 15) is 8.42 Å². The van der Waals surface area contributed by atoms with Crippen LogP contribution in [0.4, 0.5) is 11.5 Å². The van der Waals surface area contributed by atoms with E-state index in [1.165, 1.54) is 0 Å². The molecular formula is C10H17N3O2S. The van der Waals surface area contributed by atoms with Gasteiger partial charge in [0.2, 0.25) is 0 Å². The van der Waals surface area contributed by atoms with E-state index in [0.717, 1.165) is 5.69 Å². The van der Waals surface area contributed by atoms with Gasteiger partial charge in [0.25, 0.3) is 0 Å². The number of nitrogens with two attached hydrogens (primary N) is 1. The van der Waals surface area contributed by atoms with Crippen LogP contribution in [0.25, 0.3) is 0 Å². The van der Waals surface area contributed by atoms with Crippen molar-refractivity contribution in [1.29, 1.82) is 0 Å². The van der Waals surface area contributed by atoms with Crippen LogP contribution < -0.4 is 11.1 Å². The average molecular weight is 243 g/mol. The maximum Gasteiger partial charge on any atom is 0.151 e. The fraction of sp³-hybridized carbons (Fsp3) is 0.500. The molecule has 0 amide bonds. The summed E-state index contributed by atoms with van der Waals surface area (Å²) in [6.07, 6.45) is 0. The smallest absolute Gasteiger partial charge is 0.151 e. The highest BCUT2D eigenvalue weighted by Crippen LogP contribution is 2.14. The maximum absolute atomic E-state index is 11.2. The third-order valence-corrected chi connectivity index (χ3v) is 3.92. The number of hydrogen-bond donors (Lipinski definition) is 2. The molecule has 6 heteroatoms. The van der Waals surface area contributed by atoms with Crippen molar-refractivity contribution in [3.63, 3.8) is 0 Å². The van der Waals surface area contributed by atoms with E-state index in [-0.39, 0.29) is 11.5 Å². The number of pyridine rings is 1. The number of nitrogens with one attached hydrogen (secondary N) is 1. The van der Waals surface area contributed by atoms with E-state index in [1.807, 2.05) is 13.0 Å². The number of nitrogens with zero attached hydrogens (tertiary/aromatic N) is 1. The van der Waals surface area contributed by atoms with Crippen molar-refractivity contribution < 1.29 is 8.42 Å². The summed E-state index contributed by atoms with van der Waals surface area (Å²) in [7, 11) is -2.94. The van der Waals surface area contributed by atoms with Crippen LogP contribution in [0.5, 0.6) is 0 Å². The number of aryl methyl sites for hydroxylation is 1. The van der Waals surface area contributed by atoms with E-state index in [2.05, 4.69) is 10.3 Å². The minimum absolute atomic E-state index is 0.0958. The fourth-order valence-electron chi connectivity index (χ4n) is 1.18. The van der Waals surface area contributed by atoms with Crippen molar-refractivity contribution >= 4 is 21.3 Å². The predicted octanol–water partition coefficient (Wildman–Crippen LogP) is 0.819. The number of anilines is 2. The molecule has 16 heavy (non-hydrogen) atoms. The highest BCUT2D eigenvalue weighted by molar-refractivity contribution is 7.91. The molecule has 0 aromatic carbocycles. The van der Waals surface area contributed by atoms with Gasteiger partial charge in [-0.05, 0) is 19.1 Å². The van der Waals surface area contributed by atoms with Crippen molar-refractivity contribution in [3.05, 3.63) is 17.8 Å². The summed E-state index contributed by atoms with van der Waals surface area (Å²) in [5.41, 5.74) is 7.07. The Bertz CT molecular complexity index is 457. The molecule has 1 heterocycles. The number of sulfone groups is 1. The summed E-state index contributed by atoms with van der Waals surface area (Å²) < 4.78 is 22.5. The monoisotopic (exact) mass is 243 g/mol. The van der Waals surface area contributed by atoms with Gasteiger partial charge in [0, 0.05) is 18.0 Å². The van der Waals surface area contributed by atoms with Gasteiger partial charge in [0.15, 0.2) is 9.84 Å². The normalized spacial score (nSPS) is 11.4. The zero-order valence-electron chi connectivity index (χ0n) is 9.53. The number of rotatable bonds is 5. The fourth-order valence-corrected chi connectivity index (χ4v) is 1.88. The summed E-state index contributed by atoms with van der Waals surface area (Å²) in [6, 6.07) is 3.56. The Kier molecular flexibility index (Phi) is 4.12. The van der Waals surface area contributed by atoms with Gasteiger partial charge >= 0.3 is 0 Å². The van der Waals surface area contributed by atoms with Crippen molar-refractivity contribution in [3.8, 4) is 0 Å². The Hall–Kier alpha value is -1.30. The Labute approximate surface area is 96.0 Å². The molecular weight excluding hydrogens is 226 g/mol. The second kappa shape index (κ2) is 5.16. The first-order valence-electron chi connectivity index (χ1n) is 5.12. The first-order valence-corrected chi connectivity index (χ1v) is 6.94. The third kappa shape index (κ3) is 3.69. The quantitative estimate of drug-likeness (QED) is 0.799. The number of nitrogen functional groups attached to an aromatic ring is 1. The zero-order chi connectivity index (χ0) is 12.2. The van der Waals surface area contributed by atoms with Crippen LogP contribution in [-0.4, -0.2) is 31.5 Å². The van der Waals surface area contributed by atoms with Crippen LogP contribution in [0.1, 0.15) is 12.6 Å². The molecule has 0 aliphatic rings. The van der Waals surface area contributed by atoms with Gasteiger partial charge in [0.1, 0.15) is 5.82 Å². The molecule has 90 valence electrons. The van der Waals surface area contributed by atoms with Crippen molar-refractivity contribution in [2.45, 2.75) is 13.8 Å². The molecule has 0 fully saturated rings. The van der Waals surface area contributed by atoms with Crippen LogP contribution >= 0.6 is 0 Å². The molecule has 1 rings (SSSR count). The second-order valence-electron chi connectivity index (χ2n) is 3.55. The first kappa shape index (κ1) is 12.8. The summed E-state index contributed by atoms with van der Waals surface area (Å²) in [5.74, 6) is 0.801. The molecule has 0 unspecified atom stereocenters. The molecule has 0 aliphatic carbocycles. The van der Waals surface area contributed by atoms with Crippen LogP contribution in [0.3, 0.4) is 0 Å². The largest absolute Gasteiger partial charge is 0.396 e. The van der Waals surface area contributed by atoms with Crippen LogP contribution in [0, 0.1) is 6.92 Å². The lowest BCUT2D eigenvalue weighted by Crippen LogP contribution is -2.18. The van der Waals surface area contributed by atoms with Crippen molar-refractivity contribution in [2.24, 2.45) is 0 Å². The number of hydrogen-bond acceptors (Lipinski definition) is 5.